The zero-order chi connectivity index (χ0) is 21.0. The Morgan fingerprint density at radius 3 is 2.66 bits per heavy atom. The summed E-state index contributed by atoms with van der Waals surface area (Å²) in [5, 5.41) is 2.87. The number of carbonyl (C=O) groups is 1. The highest BCUT2D eigenvalue weighted by molar-refractivity contribution is 5.93. The van der Waals surface area contributed by atoms with Gasteiger partial charge in [-0.1, -0.05) is 0 Å². The maximum absolute atomic E-state index is 12.6. The summed E-state index contributed by atoms with van der Waals surface area (Å²) >= 11 is 0. The standard InChI is InChI=1S/C20H22F2N2O5/c1-12(19(25)23-14-5-7-15-18(9-14)28-11-27-15)24(2)10-13-4-6-16(29-20(21)22)17(8-13)26-3/h4-9,12,20H,10-11H2,1-3H3,(H,23,25)/p+1/t12-/m1/s1. The number of ether oxygens (including phenoxy) is 4. The topological polar surface area (TPSA) is 70.5 Å². The molecular weight excluding hydrogens is 386 g/mol. The third kappa shape index (κ3) is 5.05. The fraction of sp³-hybridized carbons (Fsp3) is 0.350. The van der Waals surface area contributed by atoms with Gasteiger partial charge < -0.3 is 29.2 Å². The summed E-state index contributed by atoms with van der Waals surface area (Å²) in [5.74, 6) is 1.26. The summed E-state index contributed by atoms with van der Waals surface area (Å²) in [6, 6.07) is 9.58. The molecule has 0 bridgehead atoms. The van der Waals surface area contributed by atoms with Gasteiger partial charge in [-0.15, -0.1) is 0 Å². The van der Waals surface area contributed by atoms with Gasteiger partial charge in [0.1, 0.15) is 6.54 Å². The first-order valence-electron chi connectivity index (χ1n) is 9.02. The molecule has 29 heavy (non-hydrogen) atoms. The van der Waals surface area contributed by atoms with Gasteiger partial charge in [0.25, 0.3) is 5.91 Å². The minimum absolute atomic E-state index is 0.0301. The molecule has 2 N–H and O–H groups in total. The number of benzene rings is 2. The van der Waals surface area contributed by atoms with Gasteiger partial charge in [0, 0.05) is 17.3 Å². The van der Waals surface area contributed by atoms with Crippen molar-refractivity contribution in [3.63, 3.8) is 0 Å². The normalized spacial score (nSPS) is 14.4. The molecule has 0 saturated carbocycles. The fourth-order valence-corrected chi connectivity index (χ4v) is 2.94. The summed E-state index contributed by atoms with van der Waals surface area (Å²) in [6.45, 7) is -0.465. The van der Waals surface area contributed by atoms with Crippen molar-refractivity contribution in [2.24, 2.45) is 0 Å². The van der Waals surface area contributed by atoms with Gasteiger partial charge >= 0.3 is 6.61 Å². The summed E-state index contributed by atoms with van der Waals surface area (Å²) in [5.41, 5.74) is 1.44. The number of rotatable bonds is 8. The molecule has 3 rings (SSSR count). The first-order chi connectivity index (χ1) is 13.9. The van der Waals surface area contributed by atoms with Gasteiger partial charge in [0.2, 0.25) is 6.79 Å². The molecule has 2 atom stereocenters. The number of likely N-dealkylation sites (N-methyl/N-ethyl adjacent to an activating group) is 1. The second kappa shape index (κ2) is 8.95. The summed E-state index contributed by atoms with van der Waals surface area (Å²) < 4.78 is 45.0. The van der Waals surface area contributed by atoms with Crippen molar-refractivity contribution in [1.82, 2.24) is 0 Å². The van der Waals surface area contributed by atoms with Gasteiger partial charge in [-0.2, -0.15) is 8.78 Å². The fourth-order valence-electron chi connectivity index (χ4n) is 2.94. The Balaban J connectivity index is 1.62. The Labute approximate surface area is 167 Å². The summed E-state index contributed by atoms with van der Waals surface area (Å²) in [6.07, 6.45) is 0. The summed E-state index contributed by atoms with van der Waals surface area (Å²) in [7, 11) is 3.26. The number of nitrogens with one attached hydrogen (secondary N) is 2. The number of amides is 1. The highest BCUT2D eigenvalue weighted by atomic mass is 19.3. The largest absolute Gasteiger partial charge is 0.493 e. The molecule has 0 radical (unpaired) electrons. The molecule has 1 aliphatic heterocycles. The second-order valence-corrected chi connectivity index (χ2v) is 6.67. The lowest BCUT2D eigenvalue weighted by molar-refractivity contribution is -0.907. The van der Waals surface area contributed by atoms with Crippen LogP contribution in [-0.4, -0.2) is 39.5 Å². The lowest BCUT2D eigenvalue weighted by Gasteiger charge is -2.21. The molecule has 1 heterocycles. The Hall–Kier alpha value is -3.07. The van der Waals surface area contributed by atoms with Crippen LogP contribution in [0.1, 0.15) is 12.5 Å². The van der Waals surface area contributed by atoms with Crippen LogP contribution in [0.4, 0.5) is 14.5 Å². The van der Waals surface area contributed by atoms with E-state index in [0.29, 0.717) is 23.7 Å². The van der Waals surface area contributed by atoms with E-state index in [0.717, 1.165) is 10.5 Å². The molecule has 0 fully saturated rings. The zero-order valence-corrected chi connectivity index (χ0v) is 16.3. The van der Waals surface area contributed by atoms with Crippen molar-refractivity contribution in [1.29, 1.82) is 0 Å². The highest BCUT2D eigenvalue weighted by Gasteiger charge is 2.23. The number of hydrogen-bond acceptors (Lipinski definition) is 5. The van der Waals surface area contributed by atoms with Crippen molar-refractivity contribution >= 4 is 11.6 Å². The van der Waals surface area contributed by atoms with Gasteiger partial charge in [-0.25, -0.2) is 0 Å². The van der Waals surface area contributed by atoms with Crippen LogP contribution in [-0.2, 0) is 11.3 Å². The van der Waals surface area contributed by atoms with Crippen molar-refractivity contribution < 1.29 is 37.4 Å². The maximum atomic E-state index is 12.6. The Morgan fingerprint density at radius 2 is 1.93 bits per heavy atom. The van der Waals surface area contributed by atoms with Crippen LogP contribution in [0.15, 0.2) is 36.4 Å². The molecule has 156 valence electrons. The lowest BCUT2D eigenvalue weighted by atomic mass is 10.1. The molecule has 0 spiro atoms. The number of anilines is 1. The van der Waals surface area contributed by atoms with E-state index in [-0.39, 0.29) is 30.2 Å². The number of quaternary nitrogens is 1. The number of hydrogen-bond donors (Lipinski definition) is 2. The number of fused-ring (bicyclic) bond motifs is 1. The molecule has 7 nitrogen and oxygen atoms in total. The molecular formula is C20H23F2N2O5+. The number of methoxy groups -OCH3 is 1. The molecule has 1 aliphatic rings. The van der Waals surface area contributed by atoms with Crippen LogP contribution >= 0.6 is 0 Å². The molecule has 0 saturated heterocycles. The second-order valence-electron chi connectivity index (χ2n) is 6.67. The monoisotopic (exact) mass is 409 g/mol. The Morgan fingerprint density at radius 1 is 1.17 bits per heavy atom. The van der Waals surface area contributed by atoms with E-state index >= 15 is 0 Å². The van der Waals surface area contributed by atoms with E-state index in [9.17, 15) is 13.6 Å². The van der Waals surface area contributed by atoms with Crippen LogP contribution < -0.4 is 29.2 Å². The van der Waals surface area contributed by atoms with Crippen molar-refractivity contribution in [3.8, 4) is 23.0 Å². The molecule has 0 aromatic heterocycles. The highest BCUT2D eigenvalue weighted by Crippen LogP contribution is 2.34. The molecule has 0 aliphatic carbocycles. The lowest BCUT2D eigenvalue weighted by Crippen LogP contribution is -3.12. The van der Waals surface area contributed by atoms with Crippen molar-refractivity contribution in [2.45, 2.75) is 26.1 Å². The Bertz CT molecular complexity index is 878. The van der Waals surface area contributed by atoms with Crippen molar-refractivity contribution in [2.75, 3.05) is 26.3 Å². The minimum atomic E-state index is -2.93. The van der Waals surface area contributed by atoms with E-state index in [1.807, 2.05) is 14.0 Å². The maximum Gasteiger partial charge on any atom is 0.387 e. The number of halogens is 2. The third-order valence-corrected chi connectivity index (χ3v) is 4.70. The van der Waals surface area contributed by atoms with Crippen LogP contribution in [0.3, 0.4) is 0 Å². The molecule has 1 amide bonds. The summed E-state index contributed by atoms with van der Waals surface area (Å²) in [4.78, 5) is 13.5. The number of carbonyl (C=O) groups excluding carboxylic acids is 1. The molecule has 2 aromatic carbocycles. The first-order valence-corrected chi connectivity index (χ1v) is 9.02. The number of alkyl halides is 2. The van der Waals surface area contributed by atoms with Crippen LogP contribution in [0.2, 0.25) is 0 Å². The predicted octanol–water partition coefficient (Wildman–Crippen LogP) is 2.07. The quantitative estimate of drug-likeness (QED) is 0.699. The zero-order valence-electron chi connectivity index (χ0n) is 16.3. The van der Waals surface area contributed by atoms with Crippen molar-refractivity contribution in [3.05, 3.63) is 42.0 Å². The van der Waals surface area contributed by atoms with E-state index in [1.54, 1.807) is 30.3 Å². The van der Waals surface area contributed by atoms with E-state index < -0.39 is 6.61 Å². The van der Waals surface area contributed by atoms with Gasteiger partial charge in [0.05, 0.1) is 14.2 Å². The first kappa shape index (κ1) is 20.7. The van der Waals surface area contributed by atoms with E-state index in [2.05, 4.69) is 10.1 Å². The smallest absolute Gasteiger partial charge is 0.387 e. The Kier molecular flexibility index (Phi) is 6.38. The van der Waals surface area contributed by atoms with E-state index in [4.69, 9.17) is 14.2 Å². The molecule has 2 aromatic rings. The average Bonchev–Trinajstić information content (AvgIpc) is 3.15. The molecule has 1 unspecified atom stereocenters. The average molecular weight is 409 g/mol. The predicted molar refractivity (Wildman–Crippen MR) is 101 cm³/mol. The minimum Gasteiger partial charge on any atom is -0.493 e. The SMILES string of the molecule is COc1cc(C[NH+](C)[C@H](C)C(=O)Nc2ccc3c(c2)OCO3)ccc1OC(F)F. The van der Waals surface area contributed by atoms with Gasteiger partial charge in [-0.3, -0.25) is 4.79 Å². The van der Waals surface area contributed by atoms with E-state index in [1.165, 1.54) is 13.2 Å². The van der Waals surface area contributed by atoms with Crippen LogP contribution in [0, 0.1) is 0 Å². The molecule has 9 heteroatoms. The van der Waals surface area contributed by atoms with Gasteiger partial charge in [0.15, 0.2) is 29.0 Å². The van der Waals surface area contributed by atoms with Crippen LogP contribution in [0.25, 0.3) is 0 Å². The van der Waals surface area contributed by atoms with Crippen LogP contribution in [0.5, 0.6) is 23.0 Å². The van der Waals surface area contributed by atoms with Gasteiger partial charge in [-0.05, 0) is 37.3 Å². The third-order valence-electron chi connectivity index (χ3n) is 4.70.